The summed E-state index contributed by atoms with van der Waals surface area (Å²) in [5.41, 5.74) is 3.40. The summed E-state index contributed by atoms with van der Waals surface area (Å²) in [5, 5.41) is 12.7. The molecule has 1 heterocycles. The Morgan fingerprint density at radius 3 is 2.58 bits per heavy atom. The molecular formula is C19H17NO4. The molecule has 0 aliphatic heterocycles. The molecule has 1 unspecified atom stereocenters. The van der Waals surface area contributed by atoms with E-state index in [1.807, 2.05) is 37.3 Å². The van der Waals surface area contributed by atoms with Gasteiger partial charge in [0, 0.05) is 28.8 Å². The highest BCUT2D eigenvalue weighted by atomic mass is 16.4. The lowest BCUT2D eigenvalue weighted by molar-refractivity contribution is -0.137. The highest BCUT2D eigenvalue weighted by Crippen LogP contribution is 2.31. The molecule has 3 rings (SSSR count). The van der Waals surface area contributed by atoms with Crippen LogP contribution in [0.3, 0.4) is 0 Å². The molecule has 1 atom stereocenters. The molecular weight excluding hydrogens is 306 g/mol. The van der Waals surface area contributed by atoms with Crippen LogP contribution in [-0.2, 0) is 4.79 Å². The fourth-order valence-electron chi connectivity index (χ4n) is 2.66. The Bertz CT molecular complexity index is 975. The molecule has 0 bridgehead atoms. The van der Waals surface area contributed by atoms with Gasteiger partial charge in [0.15, 0.2) is 0 Å². The van der Waals surface area contributed by atoms with Gasteiger partial charge in [0.1, 0.15) is 11.6 Å². The van der Waals surface area contributed by atoms with Crippen molar-refractivity contribution in [3.63, 3.8) is 0 Å². The number of aryl methyl sites for hydroxylation is 1. The quantitative estimate of drug-likeness (QED) is 0.716. The fourth-order valence-corrected chi connectivity index (χ4v) is 2.66. The molecule has 0 amide bonds. The van der Waals surface area contributed by atoms with Crippen molar-refractivity contribution in [2.75, 3.05) is 5.32 Å². The lowest BCUT2D eigenvalue weighted by atomic mass is 9.98. The molecule has 1 aromatic heterocycles. The molecule has 2 N–H and O–H groups in total. The van der Waals surface area contributed by atoms with Gasteiger partial charge in [-0.15, -0.1) is 0 Å². The molecule has 5 nitrogen and oxygen atoms in total. The maximum absolute atomic E-state index is 11.9. The molecule has 0 fully saturated rings. The number of fused-ring (bicyclic) bond motifs is 1. The van der Waals surface area contributed by atoms with Crippen LogP contribution in [0.4, 0.5) is 5.69 Å². The Morgan fingerprint density at radius 2 is 1.88 bits per heavy atom. The van der Waals surface area contributed by atoms with E-state index in [2.05, 4.69) is 5.32 Å². The third-order valence-corrected chi connectivity index (χ3v) is 3.93. The fraction of sp³-hybridized carbons (Fsp3) is 0.158. The van der Waals surface area contributed by atoms with Crippen LogP contribution in [0.25, 0.3) is 22.1 Å². The smallest absolute Gasteiger partial charge is 0.336 e. The van der Waals surface area contributed by atoms with Crippen LogP contribution >= 0.6 is 0 Å². The minimum absolute atomic E-state index is 0.420. The largest absolute Gasteiger partial charge is 0.480 e. The van der Waals surface area contributed by atoms with E-state index >= 15 is 0 Å². The molecule has 0 aliphatic rings. The highest BCUT2D eigenvalue weighted by molar-refractivity contribution is 5.95. The van der Waals surface area contributed by atoms with Gasteiger partial charge in [-0.25, -0.2) is 4.79 Å². The van der Waals surface area contributed by atoms with E-state index in [1.165, 1.54) is 6.07 Å². The molecule has 0 aliphatic carbocycles. The number of nitrogens with one attached hydrogen (secondary N) is 1. The second kappa shape index (κ2) is 6.20. The summed E-state index contributed by atoms with van der Waals surface area (Å²) in [4.78, 5) is 22.9. The minimum Gasteiger partial charge on any atom is -0.480 e. The van der Waals surface area contributed by atoms with E-state index in [0.29, 0.717) is 11.3 Å². The van der Waals surface area contributed by atoms with Crippen molar-refractivity contribution in [2.45, 2.75) is 19.9 Å². The van der Waals surface area contributed by atoms with Gasteiger partial charge in [-0.1, -0.05) is 24.3 Å². The maximum Gasteiger partial charge on any atom is 0.336 e. The third-order valence-electron chi connectivity index (χ3n) is 3.93. The summed E-state index contributed by atoms with van der Waals surface area (Å²) in [6, 6.07) is 13.8. The first kappa shape index (κ1) is 15.8. The number of hydrogen-bond donors (Lipinski definition) is 2. The number of carboxylic acid groups (broad SMARTS) is 1. The molecule has 0 saturated heterocycles. The van der Waals surface area contributed by atoms with Crippen molar-refractivity contribution in [1.82, 2.24) is 0 Å². The normalized spacial score (nSPS) is 12.1. The van der Waals surface area contributed by atoms with Crippen LogP contribution in [0.15, 0.2) is 57.7 Å². The second-order valence-corrected chi connectivity index (χ2v) is 5.71. The van der Waals surface area contributed by atoms with Crippen molar-refractivity contribution in [3.05, 3.63) is 64.5 Å². The van der Waals surface area contributed by atoms with E-state index in [1.54, 1.807) is 19.1 Å². The van der Waals surface area contributed by atoms with Crippen LogP contribution in [-0.4, -0.2) is 17.1 Å². The number of anilines is 1. The van der Waals surface area contributed by atoms with Crippen molar-refractivity contribution in [2.24, 2.45) is 0 Å². The van der Waals surface area contributed by atoms with Crippen molar-refractivity contribution >= 4 is 22.6 Å². The zero-order chi connectivity index (χ0) is 17.3. The average Bonchev–Trinajstić information content (AvgIpc) is 2.54. The summed E-state index contributed by atoms with van der Waals surface area (Å²) in [7, 11) is 0. The van der Waals surface area contributed by atoms with Gasteiger partial charge >= 0.3 is 11.6 Å². The van der Waals surface area contributed by atoms with Gasteiger partial charge in [-0.3, -0.25) is 4.79 Å². The summed E-state index contributed by atoms with van der Waals surface area (Å²) >= 11 is 0. The van der Waals surface area contributed by atoms with Crippen molar-refractivity contribution < 1.29 is 14.3 Å². The standard InChI is InChI=1S/C19H17NO4/c1-11-5-3-4-6-14(11)16-10-18(21)24-17-9-13(7-8-15(16)17)20-12(2)19(22)23/h3-10,12,20H,1-2H3,(H,22,23). The number of benzene rings is 2. The van der Waals surface area contributed by atoms with Gasteiger partial charge in [0.2, 0.25) is 0 Å². The lowest BCUT2D eigenvalue weighted by Gasteiger charge is -2.12. The Morgan fingerprint density at radius 1 is 1.12 bits per heavy atom. The van der Waals surface area contributed by atoms with E-state index in [9.17, 15) is 9.59 Å². The van der Waals surface area contributed by atoms with Crippen LogP contribution in [0, 0.1) is 6.92 Å². The zero-order valence-electron chi connectivity index (χ0n) is 13.4. The maximum atomic E-state index is 11.9. The topological polar surface area (TPSA) is 79.5 Å². The van der Waals surface area contributed by atoms with Crippen molar-refractivity contribution in [3.8, 4) is 11.1 Å². The van der Waals surface area contributed by atoms with Crippen molar-refractivity contribution in [1.29, 1.82) is 0 Å². The summed E-state index contributed by atoms with van der Waals surface area (Å²) in [6.45, 7) is 3.53. The van der Waals surface area contributed by atoms with Gasteiger partial charge in [0.05, 0.1) is 0 Å². The SMILES string of the molecule is Cc1ccccc1-c1cc(=O)oc2cc(NC(C)C(=O)O)ccc12. The van der Waals surface area contributed by atoms with Gasteiger partial charge in [-0.2, -0.15) is 0 Å². The molecule has 24 heavy (non-hydrogen) atoms. The molecule has 0 saturated carbocycles. The Hall–Kier alpha value is -3.08. The molecule has 2 aromatic carbocycles. The monoisotopic (exact) mass is 323 g/mol. The van der Waals surface area contributed by atoms with Crippen LogP contribution in [0.2, 0.25) is 0 Å². The van der Waals surface area contributed by atoms with E-state index in [4.69, 9.17) is 9.52 Å². The van der Waals surface area contributed by atoms with E-state index in [-0.39, 0.29) is 0 Å². The lowest BCUT2D eigenvalue weighted by Crippen LogP contribution is -2.25. The van der Waals surface area contributed by atoms with E-state index < -0.39 is 17.6 Å². The molecule has 0 spiro atoms. The first-order chi connectivity index (χ1) is 11.5. The van der Waals surface area contributed by atoms with Crippen LogP contribution in [0.5, 0.6) is 0 Å². The van der Waals surface area contributed by atoms with Crippen LogP contribution < -0.4 is 10.9 Å². The van der Waals surface area contributed by atoms with Gasteiger partial charge in [0.25, 0.3) is 0 Å². The number of hydrogen-bond acceptors (Lipinski definition) is 4. The number of aliphatic carboxylic acids is 1. The van der Waals surface area contributed by atoms with Crippen LogP contribution in [0.1, 0.15) is 12.5 Å². The first-order valence-corrected chi connectivity index (χ1v) is 7.59. The van der Waals surface area contributed by atoms with E-state index in [0.717, 1.165) is 22.1 Å². The van der Waals surface area contributed by atoms with Gasteiger partial charge in [-0.05, 0) is 37.1 Å². The number of rotatable bonds is 4. The molecule has 122 valence electrons. The second-order valence-electron chi connectivity index (χ2n) is 5.71. The summed E-state index contributed by atoms with van der Waals surface area (Å²) in [5.74, 6) is -0.954. The number of carbonyl (C=O) groups is 1. The summed E-state index contributed by atoms with van der Waals surface area (Å²) in [6.07, 6.45) is 0. The zero-order valence-corrected chi connectivity index (χ0v) is 13.4. The first-order valence-electron chi connectivity index (χ1n) is 7.59. The Balaban J connectivity index is 2.14. The number of carboxylic acids is 1. The predicted octanol–water partition coefficient (Wildman–Crippen LogP) is 3.65. The third kappa shape index (κ3) is 3.01. The molecule has 5 heteroatoms. The molecule has 3 aromatic rings. The van der Waals surface area contributed by atoms with Gasteiger partial charge < -0.3 is 14.8 Å². The minimum atomic E-state index is -0.954. The highest BCUT2D eigenvalue weighted by Gasteiger charge is 2.13. The molecule has 0 radical (unpaired) electrons. The summed E-state index contributed by atoms with van der Waals surface area (Å²) < 4.78 is 5.30. The Kier molecular flexibility index (Phi) is 4.08. The Labute approximate surface area is 138 Å². The average molecular weight is 323 g/mol. The predicted molar refractivity (Wildman–Crippen MR) is 93.4 cm³/mol.